The van der Waals surface area contributed by atoms with Crippen LogP contribution in [0.2, 0.25) is 0 Å². The van der Waals surface area contributed by atoms with E-state index < -0.39 is 189 Å². The van der Waals surface area contributed by atoms with Crippen LogP contribution in [0.1, 0.15) is 81.8 Å². The van der Waals surface area contributed by atoms with Crippen LogP contribution in [0.25, 0.3) is 21.9 Å². The number of likely N-dealkylation sites (tertiary alicyclic amines) is 1. The van der Waals surface area contributed by atoms with Gasteiger partial charge >= 0.3 is 58.4 Å². The number of aromatic hydroxyl groups is 1. The number of imide groups is 1. The maximum absolute atomic E-state index is 14.4. The molecule has 1 unspecified atom stereocenters. The lowest BCUT2D eigenvalue weighted by molar-refractivity contribution is -0.144. The van der Waals surface area contributed by atoms with Crippen LogP contribution in [0.5, 0.6) is 5.75 Å². The molecule has 0 aromatic heterocycles. The third kappa shape index (κ3) is 37.0. The number of carboxylic acids is 7. The van der Waals surface area contributed by atoms with E-state index >= 15 is 0 Å². The third-order valence-electron chi connectivity index (χ3n) is 18.3. The predicted molar refractivity (Wildman–Crippen MR) is 431 cm³/mol. The van der Waals surface area contributed by atoms with Crippen molar-refractivity contribution < 1.29 is 153 Å². The van der Waals surface area contributed by atoms with E-state index in [0.29, 0.717) is 22.5 Å². The predicted octanol–water partition coefficient (Wildman–Crippen LogP) is 0.994. The number of azo groups is 1. The fourth-order valence-corrected chi connectivity index (χ4v) is 14.3. The van der Waals surface area contributed by atoms with E-state index in [2.05, 4.69) is 54.2 Å². The van der Waals surface area contributed by atoms with E-state index in [1.165, 1.54) is 18.2 Å². The summed E-state index contributed by atoms with van der Waals surface area (Å²) < 4.78 is 68.3. The number of unbranched alkanes of at least 4 members (excludes halogenated alkanes) is 1. The van der Waals surface area contributed by atoms with Crippen molar-refractivity contribution in [1.29, 1.82) is 0 Å². The molecule has 2 saturated heterocycles. The molecule has 2 heterocycles. The second-order valence-corrected chi connectivity index (χ2v) is 30.8. The second kappa shape index (κ2) is 51.7. The first-order valence-corrected chi connectivity index (χ1v) is 41.2. The van der Waals surface area contributed by atoms with Crippen molar-refractivity contribution in [1.82, 2.24) is 45.8 Å². The number of urea groups is 1. The standard InChI is InChI=1S/C64H81N11O22S2.C9H14N2O7S.O3S/c1-38-27-40(41-7-12-48(39(2)28-41)69-70-49-13-9-45-52(99(94,95)96)14-10-46(65)60(45)61(49)89)6-11-47(38)68-62(90)50(67-54(79)32-71-19-21-72(33-57(83)84)23-25-74(35-59(87)88)26-24-73(22-20-71)34-58(85)86)5-3-4-17-66-53(78)16-18-75-55(80)31-51(63(75)91)98-36-42(64(92)93)29-43(77)30-44(97-37-76)8-15-56(81)82;12-4-18-6(3-19)11-9(17)10-5(8(15)16)1-2-7(13)14;1-4(2)3/h6-7,9-14,27-28,37,42,44,50-51,89H,3-5,8,15-26,29-36,65H2,1-2H3,(H,66,78)(H,67,79)(H,68,90)(H,81,82)(H,83,84)(H,85,86)(H,87,88)(H,92,93)(H,94,95,96);4-6,19H,1-3H2,(H,13,14)(H,15,16)(H2,10,11,17);/t42-,44+,50+,51?;5-,6+;/m00./s1. The van der Waals surface area contributed by atoms with Gasteiger partial charge < -0.3 is 82.6 Å². The molecule has 2 aliphatic rings. The topological polar surface area (TPSA) is 686 Å². The van der Waals surface area contributed by atoms with Gasteiger partial charge in [0.25, 0.3) is 23.1 Å². The van der Waals surface area contributed by atoms with Gasteiger partial charge in [0.2, 0.25) is 29.5 Å². The fourth-order valence-electron chi connectivity index (χ4n) is 12.2. The van der Waals surface area contributed by atoms with Crippen LogP contribution in [-0.4, -0.2) is 320 Å². The summed E-state index contributed by atoms with van der Waals surface area (Å²) in [6, 6.07) is 12.1. The number of hydrogen-bond donors (Lipinski definition) is 16. The highest BCUT2D eigenvalue weighted by molar-refractivity contribution is 8.00. The number of nitrogens with one attached hydrogen (secondary N) is 5. The Morgan fingerprint density at radius 2 is 1.16 bits per heavy atom. The summed E-state index contributed by atoms with van der Waals surface area (Å²) in [4.78, 5) is 200. The molecule has 45 nitrogen and oxygen atoms in total. The summed E-state index contributed by atoms with van der Waals surface area (Å²) in [5, 5.41) is 96.2. The molecule has 668 valence electrons. The number of carbonyl (C=O) groups excluding carboxylic acids is 9. The van der Waals surface area contributed by atoms with E-state index in [9.17, 15) is 115 Å². The molecule has 0 bridgehead atoms. The Morgan fingerprint density at radius 1 is 0.631 bits per heavy atom. The number of phenols is 1. The Balaban J connectivity index is 0.00000118. The number of rotatable bonds is 45. The first kappa shape index (κ1) is 102. The van der Waals surface area contributed by atoms with Gasteiger partial charge in [0.15, 0.2) is 12.0 Å². The number of carbonyl (C=O) groups is 16. The van der Waals surface area contributed by atoms with Gasteiger partial charge in [-0.3, -0.25) is 96.2 Å². The molecule has 16 N–H and O–H groups in total. The highest BCUT2D eigenvalue weighted by Gasteiger charge is 2.40. The lowest BCUT2D eigenvalue weighted by Gasteiger charge is -2.33. The largest absolute Gasteiger partial charge is 0.505 e. The molecule has 6 rings (SSSR count). The van der Waals surface area contributed by atoms with Crippen molar-refractivity contribution in [3.63, 3.8) is 0 Å². The molecular weight excluding hydrogens is 1700 g/mol. The van der Waals surface area contributed by atoms with Gasteiger partial charge in [0.05, 0.1) is 48.4 Å². The van der Waals surface area contributed by atoms with Gasteiger partial charge in [-0.15, -0.1) is 29.5 Å². The molecule has 122 heavy (non-hydrogen) atoms. The number of fused-ring (bicyclic) bond motifs is 1. The average molecular weight is 1790 g/mol. The number of thiol groups is 1. The number of nitrogens with zero attached hydrogens (tertiary/aromatic N) is 7. The highest BCUT2D eigenvalue weighted by Crippen LogP contribution is 2.42. The Bertz CT molecular complexity index is 4680. The lowest BCUT2D eigenvalue weighted by atomic mass is 9.99. The number of nitrogen functional groups attached to an aromatic ring is 1. The molecule has 2 fully saturated rings. The smallest absolute Gasteiger partial charge is 0.425 e. The Morgan fingerprint density at radius 3 is 1.67 bits per heavy atom. The number of carboxylic acid groups (broad SMARTS) is 7. The Labute approximate surface area is 707 Å². The maximum atomic E-state index is 14.4. The monoisotopic (exact) mass is 1790 g/mol. The molecule has 49 heteroatoms. The number of ketones is 1. The van der Waals surface area contributed by atoms with Gasteiger partial charge in [-0.25, -0.2) is 9.59 Å². The van der Waals surface area contributed by atoms with E-state index in [1.54, 1.807) is 57.7 Å². The number of anilines is 2. The molecule has 6 atom stereocenters. The Kier molecular flexibility index (Phi) is 43.4. The van der Waals surface area contributed by atoms with E-state index in [0.717, 1.165) is 33.9 Å². The van der Waals surface area contributed by atoms with Crippen molar-refractivity contribution in [2.75, 3.05) is 114 Å². The van der Waals surface area contributed by atoms with E-state index in [1.807, 2.05) is 12.1 Å². The van der Waals surface area contributed by atoms with Gasteiger partial charge in [-0.1, -0.05) is 18.2 Å². The van der Waals surface area contributed by atoms with Gasteiger partial charge in [-0.05, 0) is 111 Å². The highest BCUT2D eigenvalue weighted by atomic mass is 32.2. The van der Waals surface area contributed by atoms with Gasteiger partial charge in [0.1, 0.15) is 34.6 Å². The maximum Gasteiger partial charge on any atom is 0.425 e. The van der Waals surface area contributed by atoms with Crippen LogP contribution in [0, 0.1) is 19.8 Å². The first-order valence-electron chi connectivity index (χ1n) is 37.1. The molecule has 0 spiro atoms. The molecule has 4 aromatic carbocycles. The van der Waals surface area contributed by atoms with Crippen LogP contribution >= 0.6 is 24.4 Å². The van der Waals surface area contributed by atoms with Crippen molar-refractivity contribution in [2.24, 2.45) is 16.1 Å². The van der Waals surface area contributed by atoms with Crippen LogP contribution in [0.3, 0.4) is 0 Å². The van der Waals surface area contributed by atoms with Gasteiger partial charge in [0, 0.05) is 132 Å². The summed E-state index contributed by atoms with van der Waals surface area (Å²) in [6.07, 6.45) is -4.30. The molecule has 4 aromatic rings. The average Bonchev–Trinajstić information content (AvgIpc) is 0.898. The number of thioether (sulfide) groups is 1. The SMILES string of the molecule is Cc1cc(-c2ccc(NC(=O)[C@@H](CCCCNC(=O)CCN3C(=O)CC(SC[C@H](CC(=O)C[C@@H](CCC(=O)O)OC=O)C(=O)O)C3=O)NC(=O)CN3CCN(CC(=O)O)CCN(CC(=O)O)CCN(CC(=O)O)CC3)c(C)c2)ccc1N=Nc1ccc2c(S(=O)(=O)O)ccc(N)c2c1O.O=CO[C@H](CS)NC(=O)N[C@@H](CCC(=O)O)C(=O)O.O=S(=O)=O. The normalized spacial score (nSPS) is 15.6. The van der Waals surface area contributed by atoms with Crippen molar-refractivity contribution in [3.05, 3.63) is 71.8 Å². The zero-order chi connectivity index (χ0) is 91.1. The van der Waals surface area contributed by atoms with Crippen LogP contribution in [0.4, 0.5) is 27.5 Å². The van der Waals surface area contributed by atoms with Crippen LogP contribution in [0.15, 0.2) is 75.8 Å². The summed E-state index contributed by atoms with van der Waals surface area (Å²) in [5.74, 6) is -14.1. The van der Waals surface area contributed by atoms with Crippen molar-refractivity contribution >= 4 is 175 Å². The molecule has 0 aliphatic carbocycles. The third-order valence-corrected chi connectivity index (χ3v) is 21.0. The van der Waals surface area contributed by atoms with Crippen molar-refractivity contribution in [2.45, 2.75) is 119 Å². The number of amides is 7. The Hall–Kier alpha value is -11.9. The summed E-state index contributed by atoms with van der Waals surface area (Å²) >= 11 is 4.66. The molecule has 2 aliphatic heterocycles. The van der Waals surface area contributed by atoms with E-state index in [-0.39, 0.29) is 170 Å². The minimum Gasteiger partial charge on any atom is -0.505 e. The number of aliphatic carboxylic acids is 7. The second-order valence-electron chi connectivity index (χ2n) is 27.4. The number of Topliss-reactive ketones (excluding diaryl/α,β-unsaturated/α-hetero) is 1. The molecule has 0 saturated carbocycles. The minimum absolute atomic E-state index is 0.000968. The lowest BCUT2D eigenvalue weighted by Crippen LogP contribution is -2.51. The number of hydrogen-bond acceptors (Lipinski definition) is 33. The molecular formula is C73H95N13O32S4. The summed E-state index contributed by atoms with van der Waals surface area (Å²) in [7, 11) is -7.77. The summed E-state index contributed by atoms with van der Waals surface area (Å²) in [5.41, 5.74) is 9.65. The number of phenolic OH excluding ortho intramolecular Hbond substituents is 1. The number of benzene rings is 4. The zero-order valence-electron chi connectivity index (χ0n) is 65.8. The quantitative estimate of drug-likeness (QED) is 0.00429. The number of nitrogens with two attached hydrogens (primary N) is 1. The number of aryl methyl sites for hydroxylation is 2. The van der Waals surface area contributed by atoms with Crippen molar-refractivity contribution in [3.8, 4) is 16.9 Å². The number of ether oxygens (including phenoxy) is 2. The zero-order valence-corrected chi connectivity index (χ0v) is 69.1. The van der Waals surface area contributed by atoms with Gasteiger partial charge in [-0.2, -0.15) is 26.2 Å². The summed E-state index contributed by atoms with van der Waals surface area (Å²) in [6.45, 7) is 3.07. The first-order chi connectivity index (χ1) is 57.5. The van der Waals surface area contributed by atoms with E-state index in [4.69, 9.17) is 38.4 Å². The fraction of sp³-hybridized carbons (Fsp3) is 0.479. The molecule has 7 amide bonds. The van der Waals surface area contributed by atoms with Crippen LogP contribution < -0.4 is 32.3 Å². The van der Waals surface area contributed by atoms with Crippen LogP contribution in [-0.2, 0) is 102 Å². The minimum atomic E-state index is -4.66. The molecule has 0 radical (unpaired) electrons.